The number of carbonyl (C=O) groups excluding carboxylic acids is 1. The highest BCUT2D eigenvalue weighted by Gasteiger charge is 2.41. The van der Waals surface area contributed by atoms with Crippen LogP contribution in [0.25, 0.3) is 16.8 Å². The second-order valence-corrected chi connectivity index (χ2v) is 8.39. The van der Waals surface area contributed by atoms with E-state index in [0.717, 1.165) is 39.4 Å². The highest BCUT2D eigenvalue weighted by Crippen LogP contribution is 2.30. The third-order valence-corrected chi connectivity index (χ3v) is 5.70. The number of nitrogens with zero attached hydrogens (tertiary/aromatic N) is 3. The van der Waals surface area contributed by atoms with Crippen LogP contribution in [0, 0.1) is 5.41 Å². The van der Waals surface area contributed by atoms with Crippen molar-refractivity contribution in [2.75, 3.05) is 6.26 Å². The van der Waals surface area contributed by atoms with Crippen LogP contribution in [-0.2, 0) is 14.6 Å². The van der Waals surface area contributed by atoms with Crippen molar-refractivity contribution in [2.45, 2.75) is 0 Å². The molecule has 130 valence electrons. The van der Waals surface area contributed by atoms with Gasteiger partial charge in [0.2, 0.25) is 20.2 Å². The molecule has 4 rings (SSSR count). The van der Waals surface area contributed by atoms with Crippen LogP contribution in [0.1, 0.15) is 5.56 Å². The third kappa shape index (κ3) is 2.65. The van der Waals surface area contributed by atoms with Crippen molar-refractivity contribution in [3.63, 3.8) is 0 Å². The summed E-state index contributed by atoms with van der Waals surface area (Å²) < 4.78 is 27.7. The van der Waals surface area contributed by atoms with Crippen LogP contribution in [0.4, 0.5) is 0 Å². The van der Waals surface area contributed by atoms with Crippen LogP contribution in [-0.4, -0.2) is 41.7 Å². The molecule has 1 amide bonds. The Labute approximate surface area is 153 Å². The topological polar surface area (TPSA) is 103 Å². The van der Waals surface area contributed by atoms with Gasteiger partial charge in [-0.15, -0.1) is 0 Å². The predicted molar refractivity (Wildman–Crippen MR) is 104 cm³/mol. The van der Waals surface area contributed by atoms with Gasteiger partial charge in [-0.2, -0.15) is 9.39 Å². The average Bonchev–Trinajstić information content (AvgIpc) is 3.03. The molecular formula is C17H12N4O3S2. The number of carbonyl (C=O) groups is 1. The lowest BCUT2D eigenvalue weighted by molar-refractivity contribution is -0.114. The molecule has 0 spiro atoms. The molecule has 0 saturated heterocycles. The summed E-state index contributed by atoms with van der Waals surface area (Å²) in [6, 6.07) is 13.3. The van der Waals surface area contributed by atoms with Gasteiger partial charge in [0.25, 0.3) is 5.91 Å². The smallest absolute Gasteiger partial charge is 0.283 e. The number of amidine groups is 3. The first-order valence-electron chi connectivity index (χ1n) is 7.53. The third-order valence-electron chi connectivity index (χ3n) is 3.95. The summed E-state index contributed by atoms with van der Waals surface area (Å²) in [5.41, 5.74) is 0.767. The van der Waals surface area contributed by atoms with E-state index in [4.69, 9.17) is 5.41 Å². The predicted octanol–water partition coefficient (Wildman–Crippen LogP) is 2.46. The lowest BCUT2D eigenvalue weighted by atomic mass is 10.0. The number of benzene rings is 2. The van der Waals surface area contributed by atoms with Gasteiger partial charge in [-0.05, 0) is 22.4 Å². The zero-order valence-corrected chi connectivity index (χ0v) is 15.1. The van der Waals surface area contributed by atoms with Gasteiger partial charge in [0, 0.05) is 6.26 Å². The molecule has 0 saturated carbocycles. The average molecular weight is 384 g/mol. The molecule has 7 nitrogen and oxygen atoms in total. The van der Waals surface area contributed by atoms with Crippen molar-refractivity contribution >= 4 is 60.7 Å². The number of rotatable bonds is 1. The summed E-state index contributed by atoms with van der Waals surface area (Å²) in [6.45, 7) is 0. The van der Waals surface area contributed by atoms with Gasteiger partial charge < -0.3 is 0 Å². The Morgan fingerprint density at radius 3 is 2.65 bits per heavy atom. The fourth-order valence-corrected chi connectivity index (χ4v) is 4.61. The lowest BCUT2D eigenvalue weighted by Gasteiger charge is -2.23. The number of sulfone groups is 1. The fraction of sp³-hybridized carbons (Fsp3) is 0.0588. The Morgan fingerprint density at radius 1 is 1.15 bits per heavy atom. The van der Waals surface area contributed by atoms with Crippen molar-refractivity contribution in [1.82, 2.24) is 4.90 Å². The first-order chi connectivity index (χ1) is 12.4. The largest absolute Gasteiger partial charge is 0.283 e. The summed E-state index contributed by atoms with van der Waals surface area (Å²) in [5, 5.41) is 10.1. The van der Waals surface area contributed by atoms with Crippen molar-refractivity contribution in [1.29, 1.82) is 5.41 Å². The van der Waals surface area contributed by atoms with Crippen LogP contribution < -0.4 is 0 Å². The molecule has 0 atom stereocenters. The zero-order valence-electron chi connectivity index (χ0n) is 13.5. The van der Waals surface area contributed by atoms with E-state index in [1.165, 1.54) is 0 Å². The maximum Gasteiger partial charge on any atom is 0.283 e. The number of fused-ring (bicyclic) bond motifs is 2. The Hall–Kier alpha value is -2.78. The van der Waals surface area contributed by atoms with Crippen LogP contribution in [0.3, 0.4) is 0 Å². The van der Waals surface area contributed by atoms with Gasteiger partial charge in [0.1, 0.15) is 5.84 Å². The molecule has 9 heteroatoms. The van der Waals surface area contributed by atoms with Crippen molar-refractivity contribution in [3.8, 4) is 0 Å². The van der Waals surface area contributed by atoms with Crippen molar-refractivity contribution in [3.05, 3.63) is 53.6 Å². The fourth-order valence-electron chi connectivity index (χ4n) is 2.77. The Bertz CT molecular complexity index is 1170. The van der Waals surface area contributed by atoms with E-state index in [1.54, 1.807) is 6.08 Å². The zero-order chi connectivity index (χ0) is 18.5. The van der Waals surface area contributed by atoms with E-state index in [0.29, 0.717) is 0 Å². The molecule has 2 aromatic rings. The summed E-state index contributed by atoms with van der Waals surface area (Å²) in [5.74, 6) is -0.839. The Morgan fingerprint density at radius 2 is 1.88 bits per heavy atom. The monoisotopic (exact) mass is 384 g/mol. The highest BCUT2D eigenvalue weighted by atomic mass is 32.2. The number of hydrogen-bond donors (Lipinski definition) is 1. The van der Waals surface area contributed by atoms with Gasteiger partial charge in [0.05, 0.1) is 17.5 Å². The maximum atomic E-state index is 12.4. The van der Waals surface area contributed by atoms with Gasteiger partial charge in [0.15, 0.2) is 0 Å². The summed E-state index contributed by atoms with van der Waals surface area (Å²) in [6.07, 6.45) is 2.57. The molecule has 2 aliphatic heterocycles. The lowest BCUT2D eigenvalue weighted by Crippen LogP contribution is -2.45. The number of amides is 1. The SMILES string of the molecule is CS(=O)(=O)C1=NSC2=NC(=O)/C(=C\c3cccc4ccccc34)C(=N)N21. The summed E-state index contributed by atoms with van der Waals surface area (Å²) in [4.78, 5) is 17.4. The van der Waals surface area contributed by atoms with Crippen LogP contribution >= 0.6 is 11.9 Å². The quantitative estimate of drug-likeness (QED) is 0.601. The molecule has 0 unspecified atom stereocenters. The second-order valence-electron chi connectivity index (χ2n) is 5.75. The maximum absolute atomic E-state index is 12.4. The standard InChI is InChI=1S/C17H12N4O3S2/c1-26(23,24)17-20-25-16-19-15(22)13(14(18)21(16)17)9-11-7-4-6-10-5-2-3-8-12(10)11/h2-9,18H,1H3/b13-9-,18-14?. The van der Waals surface area contributed by atoms with E-state index in [9.17, 15) is 13.2 Å². The minimum atomic E-state index is -3.66. The molecule has 0 fully saturated rings. The number of hydrogen-bond acceptors (Lipinski definition) is 6. The molecule has 0 aromatic heterocycles. The summed E-state index contributed by atoms with van der Waals surface area (Å²) >= 11 is 0.775. The minimum Gasteiger partial charge on any atom is -0.283 e. The van der Waals surface area contributed by atoms with Gasteiger partial charge in [-0.3, -0.25) is 10.2 Å². The minimum absolute atomic E-state index is 0.0175. The molecule has 2 aromatic carbocycles. The van der Waals surface area contributed by atoms with Gasteiger partial charge in [-0.1, -0.05) is 42.5 Å². The van der Waals surface area contributed by atoms with Crippen LogP contribution in [0.5, 0.6) is 0 Å². The van der Waals surface area contributed by atoms with E-state index < -0.39 is 15.7 Å². The second kappa shape index (κ2) is 5.89. The molecule has 2 heterocycles. The number of nitrogens with one attached hydrogen (secondary N) is 1. The first-order valence-corrected chi connectivity index (χ1v) is 10.2. The summed E-state index contributed by atoms with van der Waals surface area (Å²) in [7, 11) is -3.66. The highest BCUT2D eigenvalue weighted by molar-refractivity contribution is 8.16. The van der Waals surface area contributed by atoms with Crippen LogP contribution in [0.15, 0.2) is 57.4 Å². The molecule has 0 bridgehead atoms. The molecule has 1 N–H and O–H groups in total. The van der Waals surface area contributed by atoms with Gasteiger partial charge in [-0.25, -0.2) is 13.3 Å². The Kier molecular flexibility index (Phi) is 3.78. The number of aliphatic imine (C=N–C) groups is 1. The molecule has 26 heavy (non-hydrogen) atoms. The molecule has 0 aliphatic carbocycles. The van der Waals surface area contributed by atoms with E-state index in [1.807, 2.05) is 42.5 Å². The molecule has 0 radical (unpaired) electrons. The van der Waals surface area contributed by atoms with Crippen molar-refractivity contribution in [2.24, 2.45) is 9.39 Å². The van der Waals surface area contributed by atoms with E-state index >= 15 is 0 Å². The normalized spacial score (nSPS) is 19.0. The van der Waals surface area contributed by atoms with Crippen molar-refractivity contribution < 1.29 is 13.2 Å². The first kappa shape index (κ1) is 16.7. The van der Waals surface area contributed by atoms with Crippen LogP contribution in [0.2, 0.25) is 0 Å². The molecular weight excluding hydrogens is 372 g/mol. The van der Waals surface area contributed by atoms with E-state index in [-0.39, 0.29) is 21.7 Å². The molecule has 2 aliphatic rings. The Balaban J connectivity index is 1.85. The van der Waals surface area contributed by atoms with E-state index in [2.05, 4.69) is 9.39 Å². The van der Waals surface area contributed by atoms with Gasteiger partial charge >= 0.3 is 0 Å².